The molecule has 0 spiro atoms. The number of ether oxygens (including phenoxy) is 1. The molecule has 0 saturated carbocycles. The number of ketones is 1. The number of rotatable bonds is 10. The first kappa shape index (κ1) is 22.8. The summed E-state index contributed by atoms with van der Waals surface area (Å²) in [5.41, 5.74) is 5.08. The number of nitrogens with one attached hydrogen (secondary N) is 1. The summed E-state index contributed by atoms with van der Waals surface area (Å²) in [5, 5.41) is 3.36. The van der Waals surface area contributed by atoms with Gasteiger partial charge in [0.2, 0.25) is 0 Å². The molecule has 3 aromatic rings. The van der Waals surface area contributed by atoms with Crippen molar-refractivity contribution in [2.45, 2.75) is 46.1 Å². The van der Waals surface area contributed by atoms with E-state index in [1.807, 2.05) is 62.4 Å². The van der Waals surface area contributed by atoms with Crippen LogP contribution in [0, 0.1) is 13.8 Å². The predicted octanol–water partition coefficient (Wildman–Crippen LogP) is 6.09. The van der Waals surface area contributed by atoms with Gasteiger partial charge in [0.25, 0.3) is 0 Å². The Morgan fingerprint density at radius 3 is 1.87 bits per heavy atom. The highest BCUT2D eigenvalue weighted by Crippen LogP contribution is 2.31. The van der Waals surface area contributed by atoms with Gasteiger partial charge in [-0.3, -0.25) is 4.79 Å². The minimum Gasteiger partial charge on any atom is -0.492 e. The summed E-state index contributed by atoms with van der Waals surface area (Å²) < 4.78 is 6.00. The maximum atomic E-state index is 13.3. The van der Waals surface area contributed by atoms with Gasteiger partial charge < -0.3 is 10.1 Å². The van der Waals surface area contributed by atoms with Crippen molar-refractivity contribution in [2.24, 2.45) is 0 Å². The van der Waals surface area contributed by atoms with E-state index in [9.17, 15) is 4.79 Å². The third-order valence-corrected chi connectivity index (χ3v) is 5.48. The Hall–Kier alpha value is -2.91. The molecule has 0 fully saturated rings. The van der Waals surface area contributed by atoms with Gasteiger partial charge in [0.05, 0.1) is 0 Å². The van der Waals surface area contributed by atoms with Crippen molar-refractivity contribution in [3.63, 3.8) is 0 Å². The molecule has 31 heavy (non-hydrogen) atoms. The van der Waals surface area contributed by atoms with Crippen molar-refractivity contribution in [1.29, 1.82) is 0 Å². The van der Waals surface area contributed by atoms with Crippen LogP contribution in [0.2, 0.25) is 0 Å². The van der Waals surface area contributed by atoms with Gasteiger partial charge in [0, 0.05) is 30.5 Å². The SMILES string of the molecule is Cc1cc(C(=O)CC(c2ccccc2)c2ccccc2)cc(C)c1OCCNC(C)C. The van der Waals surface area contributed by atoms with Crippen LogP contribution in [-0.4, -0.2) is 25.0 Å². The number of hydrogen-bond acceptors (Lipinski definition) is 3. The molecule has 3 nitrogen and oxygen atoms in total. The second-order valence-corrected chi connectivity index (χ2v) is 8.40. The van der Waals surface area contributed by atoms with Crippen LogP contribution in [0.4, 0.5) is 0 Å². The van der Waals surface area contributed by atoms with E-state index >= 15 is 0 Å². The highest BCUT2D eigenvalue weighted by atomic mass is 16.5. The normalized spacial score (nSPS) is 11.2. The van der Waals surface area contributed by atoms with Crippen molar-refractivity contribution in [3.05, 3.63) is 101 Å². The molecule has 0 saturated heterocycles. The Labute approximate surface area is 186 Å². The highest BCUT2D eigenvalue weighted by Gasteiger charge is 2.20. The van der Waals surface area contributed by atoms with Crippen LogP contribution in [0.25, 0.3) is 0 Å². The number of carbonyl (C=O) groups is 1. The van der Waals surface area contributed by atoms with Crippen molar-refractivity contribution in [2.75, 3.05) is 13.2 Å². The van der Waals surface area contributed by atoms with Gasteiger partial charge in [-0.25, -0.2) is 0 Å². The maximum Gasteiger partial charge on any atom is 0.163 e. The number of aryl methyl sites for hydroxylation is 2. The molecule has 0 bridgehead atoms. The van der Waals surface area contributed by atoms with E-state index in [-0.39, 0.29) is 11.7 Å². The summed E-state index contributed by atoms with van der Waals surface area (Å²) in [6, 6.07) is 24.9. The Morgan fingerprint density at radius 1 is 0.871 bits per heavy atom. The van der Waals surface area contributed by atoms with Crippen LogP contribution < -0.4 is 10.1 Å². The summed E-state index contributed by atoms with van der Waals surface area (Å²) in [6.45, 7) is 9.68. The van der Waals surface area contributed by atoms with Gasteiger partial charge in [-0.05, 0) is 48.2 Å². The first-order valence-corrected chi connectivity index (χ1v) is 11.1. The molecule has 3 rings (SSSR count). The summed E-state index contributed by atoms with van der Waals surface area (Å²) in [5.74, 6) is 1.07. The quantitative estimate of drug-likeness (QED) is 0.322. The first-order chi connectivity index (χ1) is 15.0. The molecular formula is C28H33NO2. The zero-order valence-electron chi connectivity index (χ0n) is 19.0. The summed E-state index contributed by atoms with van der Waals surface area (Å²) in [7, 11) is 0. The van der Waals surface area contributed by atoms with E-state index in [2.05, 4.69) is 43.4 Å². The largest absolute Gasteiger partial charge is 0.492 e. The molecule has 0 heterocycles. The second-order valence-electron chi connectivity index (χ2n) is 8.40. The van der Waals surface area contributed by atoms with Gasteiger partial charge in [0.15, 0.2) is 5.78 Å². The fourth-order valence-corrected chi connectivity index (χ4v) is 3.94. The lowest BCUT2D eigenvalue weighted by molar-refractivity contribution is 0.0977. The first-order valence-electron chi connectivity index (χ1n) is 11.1. The van der Waals surface area contributed by atoms with Crippen LogP contribution >= 0.6 is 0 Å². The summed E-state index contributed by atoms with van der Waals surface area (Å²) in [6.07, 6.45) is 0.436. The van der Waals surface area contributed by atoms with Gasteiger partial charge in [0.1, 0.15) is 12.4 Å². The van der Waals surface area contributed by atoms with Crippen molar-refractivity contribution < 1.29 is 9.53 Å². The smallest absolute Gasteiger partial charge is 0.163 e. The molecule has 0 unspecified atom stereocenters. The van der Waals surface area contributed by atoms with Gasteiger partial charge in [-0.1, -0.05) is 74.5 Å². The molecule has 3 aromatic carbocycles. The van der Waals surface area contributed by atoms with Crippen LogP contribution in [-0.2, 0) is 0 Å². The van der Waals surface area contributed by atoms with Crippen molar-refractivity contribution in [1.82, 2.24) is 5.32 Å². The highest BCUT2D eigenvalue weighted by molar-refractivity contribution is 5.97. The standard InChI is InChI=1S/C28H33NO2/c1-20(2)29-15-16-31-28-21(3)17-25(18-22(28)4)27(30)19-26(23-11-7-5-8-12-23)24-13-9-6-10-14-24/h5-14,17-18,20,26,29H,15-16,19H2,1-4H3. The molecule has 0 atom stereocenters. The van der Waals surface area contributed by atoms with Crippen LogP contribution in [0.5, 0.6) is 5.75 Å². The molecule has 0 aliphatic heterocycles. The fourth-order valence-electron chi connectivity index (χ4n) is 3.94. The lowest BCUT2D eigenvalue weighted by atomic mass is 9.85. The topological polar surface area (TPSA) is 38.3 Å². The average Bonchev–Trinajstić information content (AvgIpc) is 2.77. The minimum absolute atomic E-state index is 0.0357. The van der Waals surface area contributed by atoms with E-state index in [0.717, 1.165) is 40.1 Å². The third kappa shape index (κ3) is 6.28. The monoisotopic (exact) mass is 415 g/mol. The average molecular weight is 416 g/mol. The predicted molar refractivity (Wildman–Crippen MR) is 128 cm³/mol. The molecular weight excluding hydrogens is 382 g/mol. The minimum atomic E-state index is 0.0357. The molecule has 0 aromatic heterocycles. The molecule has 162 valence electrons. The Balaban J connectivity index is 1.78. The van der Waals surface area contributed by atoms with Crippen LogP contribution in [0.3, 0.4) is 0 Å². The number of hydrogen-bond donors (Lipinski definition) is 1. The van der Waals surface area contributed by atoms with Crippen molar-refractivity contribution >= 4 is 5.78 Å². The Kier molecular flexibility index (Phi) is 8.02. The summed E-state index contributed by atoms with van der Waals surface area (Å²) in [4.78, 5) is 13.3. The van der Waals surface area contributed by atoms with E-state index < -0.39 is 0 Å². The molecule has 3 heteroatoms. The van der Waals surface area contributed by atoms with E-state index in [1.165, 1.54) is 0 Å². The molecule has 0 aliphatic carbocycles. The van der Waals surface area contributed by atoms with E-state index in [1.54, 1.807) is 0 Å². The number of benzene rings is 3. The van der Waals surface area contributed by atoms with Gasteiger partial charge >= 0.3 is 0 Å². The molecule has 1 N–H and O–H groups in total. The second kappa shape index (κ2) is 10.9. The summed E-state index contributed by atoms with van der Waals surface area (Å²) >= 11 is 0. The van der Waals surface area contributed by atoms with E-state index in [4.69, 9.17) is 4.74 Å². The van der Waals surface area contributed by atoms with Gasteiger partial charge in [-0.2, -0.15) is 0 Å². The Morgan fingerprint density at radius 2 is 1.39 bits per heavy atom. The van der Waals surface area contributed by atoms with E-state index in [0.29, 0.717) is 19.1 Å². The lowest BCUT2D eigenvalue weighted by Crippen LogP contribution is -2.27. The van der Waals surface area contributed by atoms with Gasteiger partial charge in [-0.15, -0.1) is 0 Å². The van der Waals surface area contributed by atoms with Crippen LogP contribution in [0.1, 0.15) is 58.8 Å². The molecule has 0 amide bonds. The third-order valence-electron chi connectivity index (χ3n) is 5.48. The lowest BCUT2D eigenvalue weighted by Gasteiger charge is -2.19. The number of carbonyl (C=O) groups excluding carboxylic acids is 1. The Bertz CT molecular complexity index is 918. The fraction of sp³-hybridized carbons (Fsp3) is 0.321. The maximum absolute atomic E-state index is 13.3. The molecule has 0 radical (unpaired) electrons. The number of Topliss-reactive ketones (excluding diaryl/α,β-unsaturated/α-hetero) is 1. The van der Waals surface area contributed by atoms with Crippen LogP contribution in [0.15, 0.2) is 72.8 Å². The zero-order valence-corrected chi connectivity index (χ0v) is 19.0. The molecule has 0 aliphatic rings. The zero-order chi connectivity index (χ0) is 22.2. The van der Waals surface area contributed by atoms with Crippen molar-refractivity contribution in [3.8, 4) is 5.75 Å².